The predicted molar refractivity (Wildman–Crippen MR) is 53.9 cm³/mol. The van der Waals surface area contributed by atoms with E-state index in [0.717, 1.165) is 0 Å². The number of ether oxygens (including phenoxy) is 2. The molecule has 1 atom stereocenters. The average Bonchev–Trinajstić information content (AvgIpc) is 2.17. The fourth-order valence-corrected chi connectivity index (χ4v) is 1.57. The van der Waals surface area contributed by atoms with Crippen molar-refractivity contribution in [1.82, 2.24) is 0 Å². The monoisotopic (exact) mass is 242 g/mol. The molecular weight excluding hydrogens is 224 g/mol. The summed E-state index contributed by atoms with van der Waals surface area (Å²) >= 11 is 0. The predicted octanol–water partition coefficient (Wildman–Crippen LogP) is -0.276. The molecule has 0 saturated carbocycles. The van der Waals surface area contributed by atoms with Gasteiger partial charge in [-0.1, -0.05) is 0 Å². The molecule has 0 heterocycles. The van der Waals surface area contributed by atoms with E-state index in [-0.39, 0.29) is 33.0 Å². The molecule has 7 heteroatoms. The maximum atomic E-state index is 11.2. The fraction of sp³-hybridized carbons (Fsp3) is 1.00. The van der Waals surface area contributed by atoms with Gasteiger partial charge in [-0.25, -0.2) is 0 Å². The standard InChI is InChI=1S/C8H18O6S/c1-3-14-15(10,11)8(2)13-7-6-12-5-4-9/h8-9H,3-7H2,1-2H3. The van der Waals surface area contributed by atoms with Crippen LogP contribution in [0, 0.1) is 0 Å². The second-order valence-corrected chi connectivity index (χ2v) is 4.56. The van der Waals surface area contributed by atoms with E-state index in [1.165, 1.54) is 6.92 Å². The summed E-state index contributed by atoms with van der Waals surface area (Å²) in [6.45, 7) is 3.63. The third-order valence-corrected chi connectivity index (χ3v) is 3.02. The first-order chi connectivity index (χ1) is 7.04. The van der Waals surface area contributed by atoms with Gasteiger partial charge in [-0.05, 0) is 13.8 Å². The van der Waals surface area contributed by atoms with Crippen LogP contribution in [0.5, 0.6) is 0 Å². The summed E-state index contributed by atoms with van der Waals surface area (Å²) in [5.74, 6) is 0. The molecule has 0 bridgehead atoms. The molecular formula is C8H18O6S. The van der Waals surface area contributed by atoms with E-state index in [2.05, 4.69) is 4.18 Å². The minimum absolute atomic E-state index is 0.0627. The second kappa shape index (κ2) is 8.00. The third kappa shape index (κ3) is 6.80. The molecule has 0 aromatic rings. The molecule has 6 nitrogen and oxygen atoms in total. The molecule has 0 saturated heterocycles. The molecule has 0 aliphatic heterocycles. The molecule has 1 N–H and O–H groups in total. The van der Waals surface area contributed by atoms with E-state index < -0.39 is 15.6 Å². The first-order valence-corrected chi connectivity index (χ1v) is 6.20. The summed E-state index contributed by atoms with van der Waals surface area (Å²) in [6, 6.07) is 0. The smallest absolute Gasteiger partial charge is 0.294 e. The molecule has 92 valence electrons. The molecule has 0 aliphatic carbocycles. The van der Waals surface area contributed by atoms with Gasteiger partial charge in [-0.15, -0.1) is 0 Å². The van der Waals surface area contributed by atoms with Gasteiger partial charge in [0.1, 0.15) is 0 Å². The van der Waals surface area contributed by atoms with Crippen molar-refractivity contribution < 1.29 is 27.2 Å². The van der Waals surface area contributed by atoms with Gasteiger partial charge in [0.05, 0.1) is 33.0 Å². The molecule has 0 aromatic carbocycles. The van der Waals surface area contributed by atoms with Gasteiger partial charge in [0.25, 0.3) is 10.1 Å². The first-order valence-electron chi connectivity index (χ1n) is 4.73. The van der Waals surface area contributed by atoms with E-state index in [9.17, 15) is 8.42 Å². The zero-order valence-corrected chi connectivity index (χ0v) is 9.83. The Kier molecular flexibility index (Phi) is 7.89. The van der Waals surface area contributed by atoms with E-state index in [1.54, 1.807) is 6.92 Å². The summed E-state index contributed by atoms with van der Waals surface area (Å²) in [5.41, 5.74) is -1.00. The maximum absolute atomic E-state index is 11.2. The lowest BCUT2D eigenvalue weighted by atomic mass is 10.7. The number of rotatable bonds is 9. The average molecular weight is 242 g/mol. The highest BCUT2D eigenvalue weighted by Gasteiger charge is 2.21. The highest BCUT2D eigenvalue weighted by molar-refractivity contribution is 7.87. The lowest BCUT2D eigenvalue weighted by Crippen LogP contribution is -2.25. The van der Waals surface area contributed by atoms with Crippen molar-refractivity contribution in [3.8, 4) is 0 Å². The van der Waals surface area contributed by atoms with Gasteiger partial charge in [-0.2, -0.15) is 8.42 Å². The van der Waals surface area contributed by atoms with E-state index in [0.29, 0.717) is 0 Å². The largest absolute Gasteiger partial charge is 0.394 e. The van der Waals surface area contributed by atoms with Crippen LogP contribution in [-0.2, 0) is 23.8 Å². The van der Waals surface area contributed by atoms with Crippen LogP contribution < -0.4 is 0 Å². The van der Waals surface area contributed by atoms with Gasteiger partial charge in [0, 0.05) is 0 Å². The van der Waals surface area contributed by atoms with Gasteiger partial charge >= 0.3 is 0 Å². The summed E-state index contributed by atoms with van der Waals surface area (Å²) in [6.07, 6.45) is 0. The van der Waals surface area contributed by atoms with Crippen molar-refractivity contribution in [3.63, 3.8) is 0 Å². The molecule has 0 radical (unpaired) electrons. The Morgan fingerprint density at radius 2 is 1.93 bits per heavy atom. The Morgan fingerprint density at radius 1 is 1.27 bits per heavy atom. The Labute approximate surface area is 90.3 Å². The van der Waals surface area contributed by atoms with E-state index >= 15 is 0 Å². The highest BCUT2D eigenvalue weighted by atomic mass is 32.2. The Bertz CT molecular complexity index is 238. The molecule has 0 fully saturated rings. The molecule has 1 unspecified atom stereocenters. The van der Waals surface area contributed by atoms with Crippen LogP contribution in [0.4, 0.5) is 0 Å². The molecule has 0 spiro atoms. The van der Waals surface area contributed by atoms with Crippen molar-refractivity contribution in [2.45, 2.75) is 19.3 Å². The highest BCUT2D eigenvalue weighted by Crippen LogP contribution is 2.04. The van der Waals surface area contributed by atoms with Crippen molar-refractivity contribution in [2.75, 3.05) is 33.0 Å². The van der Waals surface area contributed by atoms with E-state index in [4.69, 9.17) is 14.6 Å². The Hall–Kier alpha value is -0.210. The summed E-state index contributed by atoms with van der Waals surface area (Å²) in [4.78, 5) is 0. The van der Waals surface area contributed by atoms with Gasteiger partial charge in [0.2, 0.25) is 0 Å². The zero-order chi connectivity index (χ0) is 11.7. The Morgan fingerprint density at radius 3 is 2.47 bits per heavy atom. The van der Waals surface area contributed by atoms with Crippen LogP contribution in [0.15, 0.2) is 0 Å². The molecule has 0 amide bonds. The SMILES string of the molecule is CCOS(=O)(=O)C(C)OCCOCCO. The van der Waals surface area contributed by atoms with Crippen molar-refractivity contribution >= 4 is 10.1 Å². The van der Waals surface area contributed by atoms with Crippen LogP contribution >= 0.6 is 0 Å². The summed E-state index contributed by atoms with van der Waals surface area (Å²) in [5, 5.41) is 8.39. The van der Waals surface area contributed by atoms with Gasteiger partial charge in [0.15, 0.2) is 5.44 Å². The van der Waals surface area contributed by atoms with Crippen LogP contribution in [0.3, 0.4) is 0 Å². The fourth-order valence-electron chi connectivity index (χ4n) is 0.783. The first kappa shape index (κ1) is 14.8. The normalized spacial score (nSPS) is 14.1. The molecule has 0 rings (SSSR count). The van der Waals surface area contributed by atoms with Crippen molar-refractivity contribution in [1.29, 1.82) is 0 Å². The number of hydrogen-bond donors (Lipinski definition) is 1. The number of hydrogen-bond acceptors (Lipinski definition) is 6. The minimum atomic E-state index is -3.63. The van der Waals surface area contributed by atoms with Crippen LogP contribution in [0.25, 0.3) is 0 Å². The minimum Gasteiger partial charge on any atom is -0.394 e. The number of aliphatic hydroxyl groups excluding tert-OH is 1. The van der Waals surface area contributed by atoms with Crippen LogP contribution in [0.1, 0.15) is 13.8 Å². The maximum Gasteiger partial charge on any atom is 0.294 e. The summed E-state index contributed by atoms with van der Waals surface area (Å²) in [7, 11) is -3.63. The topological polar surface area (TPSA) is 82.1 Å². The Balaban J connectivity index is 3.69. The van der Waals surface area contributed by atoms with Crippen LogP contribution in [-0.4, -0.2) is 52.0 Å². The van der Waals surface area contributed by atoms with E-state index in [1.807, 2.05) is 0 Å². The lowest BCUT2D eigenvalue weighted by molar-refractivity contribution is 0.0238. The second-order valence-electron chi connectivity index (χ2n) is 2.67. The zero-order valence-electron chi connectivity index (χ0n) is 9.01. The third-order valence-electron chi connectivity index (χ3n) is 1.50. The summed E-state index contributed by atoms with van der Waals surface area (Å²) < 4.78 is 36.9. The number of aliphatic hydroxyl groups is 1. The molecule has 0 aromatic heterocycles. The lowest BCUT2D eigenvalue weighted by Gasteiger charge is -2.12. The quantitative estimate of drug-likeness (QED) is 0.442. The van der Waals surface area contributed by atoms with Crippen LogP contribution in [0.2, 0.25) is 0 Å². The molecule has 15 heavy (non-hydrogen) atoms. The van der Waals surface area contributed by atoms with Gasteiger partial charge < -0.3 is 14.6 Å². The van der Waals surface area contributed by atoms with Crippen molar-refractivity contribution in [2.24, 2.45) is 0 Å². The van der Waals surface area contributed by atoms with Gasteiger partial charge in [-0.3, -0.25) is 4.18 Å². The van der Waals surface area contributed by atoms with Crippen molar-refractivity contribution in [3.05, 3.63) is 0 Å². The molecule has 0 aliphatic rings.